The maximum atomic E-state index is 5.41. The van der Waals surface area contributed by atoms with Crippen molar-refractivity contribution in [1.29, 1.82) is 0 Å². The van der Waals surface area contributed by atoms with E-state index in [4.69, 9.17) is 4.52 Å². The number of hydrogen-bond donors (Lipinski definition) is 1. The van der Waals surface area contributed by atoms with Crippen molar-refractivity contribution >= 4 is 24.1 Å². The van der Waals surface area contributed by atoms with E-state index < -0.39 is 0 Å². The zero-order valence-electron chi connectivity index (χ0n) is 14.5. The quantitative estimate of drug-likeness (QED) is 0.919. The summed E-state index contributed by atoms with van der Waals surface area (Å²) in [6, 6.07) is 8.78. The van der Waals surface area contributed by atoms with Gasteiger partial charge in [-0.05, 0) is 37.1 Å². The molecule has 0 radical (unpaired) electrons. The number of piperazine rings is 1. The summed E-state index contributed by atoms with van der Waals surface area (Å²) in [7, 11) is 2.10. The first-order valence-corrected chi connectivity index (χ1v) is 8.19. The maximum Gasteiger partial charge on any atom is 0.250 e. The molecule has 1 N–H and O–H groups in total. The molecule has 1 aromatic heterocycles. The topological polar surface area (TPSA) is 54.2 Å². The van der Waals surface area contributed by atoms with Gasteiger partial charge in [-0.3, -0.25) is 4.90 Å². The molecule has 0 saturated carbocycles. The molecule has 0 bridgehead atoms. The van der Waals surface area contributed by atoms with E-state index in [-0.39, 0.29) is 18.4 Å². The molecule has 130 valence electrons. The van der Waals surface area contributed by atoms with E-state index in [1.807, 2.05) is 6.08 Å². The number of hydrogen-bond acceptors (Lipinski definition) is 5. The van der Waals surface area contributed by atoms with Crippen molar-refractivity contribution in [2.24, 2.45) is 0 Å². The minimum Gasteiger partial charge on any atom is -0.335 e. The predicted octanol–water partition coefficient (Wildman–Crippen LogP) is 3.19. The highest BCUT2D eigenvalue weighted by molar-refractivity contribution is 5.85. The summed E-state index contributed by atoms with van der Waals surface area (Å²) in [6.07, 6.45) is 3.01. The second-order valence-electron chi connectivity index (χ2n) is 6.07. The molecule has 0 spiro atoms. The number of aryl methyl sites for hydroxylation is 1. The van der Waals surface area contributed by atoms with Crippen LogP contribution in [-0.2, 0) is 6.42 Å². The van der Waals surface area contributed by atoms with Gasteiger partial charge < -0.3 is 9.84 Å². The molecule has 2 aromatic rings. The zero-order valence-corrected chi connectivity index (χ0v) is 15.3. The van der Waals surface area contributed by atoms with Crippen molar-refractivity contribution in [3.63, 3.8) is 0 Å². The van der Waals surface area contributed by atoms with Crippen molar-refractivity contribution in [1.82, 2.24) is 20.4 Å². The summed E-state index contributed by atoms with van der Waals surface area (Å²) in [5.41, 5.74) is 3.64. The highest BCUT2D eigenvalue weighted by Gasteiger charge is 2.24. The third-order valence-corrected chi connectivity index (χ3v) is 4.42. The van der Waals surface area contributed by atoms with Crippen LogP contribution in [0.15, 0.2) is 28.8 Å². The summed E-state index contributed by atoms with van der Waals surface area (Å²) >= 11 is 0. The lowest BCUT2D eigenvalue weighted by molar-refractivity contribution is 0.190. The minimum atomic E-state index is 0. The summed E-state index contributed by atoms with van der Waals surface area (Å²) in [6.45, 7) is 7.09. The molecule has 1 aliphatic rings. The van der Waals surface area contributed by atoms with Crippen LogP contribution in [-0.4, -0.2) is 41.7 Å². The summed E-state index contributed by atoms with van der Waals surface area (Å²) in [4.78, 5) is 6.80. The van der Waals surface area contributed by atoms with Gasteiger partial charge in [-0.25, -0.2) is 0 Å². The van der Waals surface area contributed by atoms with Crippen LogP contribution in [0.5, 0.6) is 0 Å². The Labute approximate surface area is 149 Å². The van der Waals surface area contributed by atoms with Gasteiger partial charge in [0.1, 0.15) is 0 Å². The molecule has 1 aromatic carbocycles. The molecule has 1 fully saturated rings. The Bertz CT molecular complexity index is 681. The van der Waals surface area contributed by atoms with Crippen molar-refractivity contribution in [2.75, 3.05) is 26.7 Å². The second-order valence-corrected chi connectivity index (χ2v) is 6.07. The Hall–Kier alpha value is -1.69. The highest BCUT2D eigenvalue weighted by Crippen LogP contribution is 2.21. The zero-order chi connectivity index (χ0) is 16.2. The number of halogens is 1. The van der Waals surface area contributed by atoms with Crippen LogP contribution in [0.1, 0.15) is 42.7 Å². The molecule has 0 aliphatic carbocycles. The van der Waals surface area contributed by atoms with Gasteiger partial charge in [-0.1, -0.05) is 36.3 Å². The molecular weight excluding hydrogens is 324 g/mol. The van der Waals surface area contributed by atoms with Crippen LogP contribution < -0.4 is 5.32 Å². The Balaban J connectivity index is 0.00000208. The van der Waals surface area contributed by atoms with Crippen LogP contribution in [0, 0.1) is 0 Å². The SMILES string of the molecule is CCc1ccc(/C(C)=C/c2nc(C3CNCCN3C)no2)cc1.Cl. The van der Waals surface area contributed by atoms with E-state index in [0.717, 1.165) is 37.5 Å². The standard InChI is InChI=1S/C18H24N4O.ClH/c1-4-14-5-7-15(8-6-14)13(2)11-17-20-18(21-23-17)16-12-19-9-10-22(16)3;/h5-8,11,16,19H,4,9-10,12H2,1-3H3;1H/b13-11+;. The van der Waals surface area contributed by atoms with Gasteiger partial charge in [0.15, 0.2) is 5.82 Å². The third kappa shape index (κ3) is 4.23. The molecule has 1 unspecified atom stereocenters. The molecular formula is C18H25ClN4O. The van der Waals surface area contributed by atoms with Crippen molar-refractivity contribution in [2.45, 2.75) is 26.3 Å². The molecule has 1 aliphatic heterocycles. The number of benzene rings is 1. The lowest BCUT2D eigenvalue weighted by Gasteiger charge is -2.30. The lowest BCUT2D eigenvalue weighted by Crippen LogP contribution is -2.44. The van der Waals surface area contributed by atoms with Crippen LogP contribution in [0.4, 0.5) is 0 Å². The summed E-state index contributed by atoms with van der Waals surface area (Å²) in [5.74, 6) is 1.32. The van der Waals surface area contributed by atoms with Crippen LogP contribution in [0.3, 0.4) is 0 Å². The van der Waals surface area contributed by atoms with Crippen molar-refractivity contribution in [3.8, 4) is 0 Å². The van der Waals surface area contributed by atoms with E-state index >= 15 is 0 Å². The first-order valence-electron chi connectivity index (χ1n) is 8.19. The first-order chi connectivity index (χ1) is 11.2. The average molecular weight is 349 g/mol. The van der Waals surface area contributed by atoms with Crippen LogP contribution in [0.2, 0.25) is 0 Å². The van der Waals surface area contributed by atoms with E-state index in [2.05, 4.69) is 65.5 Å². The molecule has 1 saturated heterocycles. The van der Waals surface area contributed by atoms with Gasteiger partial charge in [0.2, 0.25) is 0 Å². The van der Waals surface area contributed by atoms with Gasteiger partial charge in [-0.15, -0.1) is 12.4 Å². The Morgan fingerprint density at radius 2 is 2.12 bits per heavy atom. The van der Waals surface area contributed by atoms with Crippen molar-refractivity contribution < 1.29 is 4.52 Å². The third-order valence-electron chi connectivity index (χ3n) is 4.42. The fourth-order valence-electron chi connectivity index (χ4n) is 2.81. The van der Waals surface area contributed by atoms with Crippen LogP contribution in [0.25, 0.3) is 11.6 Å². The number of allylic oxidation sites excluding steroid dienone is 1. The lowest BCUT2D eigenvalue weighted by atomic mass is 10.0. The monoisotopic (exact) mass is 348 g/mol. The second kappa shape index (κ2) is 8.42. The molecule has 1 atom stereocenters. The molecule has 5 nitrogen and oxygen atoms in total. The summed E-state index contributed by atoms with van der Waals surface area (Å²) in [5, 5.41) is 7.52. The number of rotatable bonds is 4. The van der Waals surface area contributed by atoms with Gasteiger partial charge in [0, 0.05) is 25.7 Å². The number of nitrogens with zero attached hydrogens (tertiary/aromatic N) is 3. The van der Waals surface area contributed by atoms with Gasteiger partial charge in [-0.2, -0.15) is 4.98 Å². The maximum absolute atomic E-state index is 5.41. The first kappa shape index (κ1) is 18.6. The Kier molecular flexibility index (Phi) is 6.54. The Morgan fingerprint density at radius 3 is 2.79 bits per heavy atom. The number of aromatic nitrogens is 2. The highest BCUT2D eigenvalue weighted by atomic mass is 35.5. The van der Waals surface area contributed by atoms with E-state index in [1.165, 1.54) is 11.1 Å². The molecule has 0 amide bonds. The molecule has 6 heteroatoms. The van der Waals surface area contributed by atoms with Gasteiger partial charge in [0.25, 0.3) is 5.89 Å². The number of nitrogens with one attached hydrogen (secondary N) is 1. The fraction of sp³-hybridized carbons (Fsp3) is 0.444. The average Bonchev–Trinajstić information content (AvgIpc) is 3.03. The smallest absolute Gasteiger partial charge is 0.250 e. The minimum absolute atomic E-state index is 0. The van der Waals surface area contributed by atoms with Crippen molar-refractivity contribution in [3.05, 3.63) is 47.1 Å². The van der Waals surface area contributed by atoms with E-state index in [0.29, 0.717) is 5.89 Å². The van der Waals surface area contributed by atoms with Crippen LogP contribution >= 0.6 is 12.4 Å². The number of likely N-dealkylation sites (N-methyl/N-ethyl adjacent to an activating group) is 1. The van der Waals surface area contributed by atoms with E-state index in [1.54, 1.807) is 0 Å². The van der Waals surface area contributed by atoms with E-state index in [9.17, 15) is 0 Å². The molecule has 24 heavy (non-hydrogen) atoms. The molecule has 2 heterocycles. The molecule has 3 rings (SSSR count). The normalized spacial score (nSPS) is 19.1. The largest absolute Gasteiger partial charge is 0.335 e. The Morgan fingerprint density at radius 1 is 1.38 bits per heavy atom. The predicted molar refractivity (Wildman–Crippen MR) is 99.2 cm³/mol. The van der Waals surface area contributed by atoms with Gasteiger partial charge in [0.05, 0.1) is 6.04 Å². The fourth-order valence-corrected chi connectivity index (χ4v) is 2.81. The van der Waals surface area contributed by atoms with Gasteiger partial charge >= 0.3 is 0 Å². The summed E-state index contributed by atoms with van der Waals surface area (Å²) < 4.78 is 5.41.